The van der Waals surface area contributed by atoms with E-state index in [0.29, 0.717) is 22.4 Å². The Hall–Kier alpha value is -3.46. The molecule has 4 rings (SSSR count). The van der Waals surface area contributed by atoms with E-state index in [0.717, 1.165) is 5.56 Å². The summed E-state index contributed by atoms with van der Waals surface area (Å²) in [5.74, 6) is 0.293. The summed E-state index contributed by atoms with van der Waals surface area (Å²) in [4.78, 5) is 12.6. The third-order valence-corrected chi connectivity index (χ3v) is 5.32. The van der Waals surface area contributed by atoms with E-state index in [1.54, 1.807) is 32.0 Å². The van der Waals surface area contributed by atoms with Gasteiger partial charge in [0.05, 0.1) is 10.9 Å². The lowest BCUT2D eigenvalue weighted by molar-refractivity contribution is -0.115. The number of rotatable bonds is 6. The largest absolute Gasteiger partial charge is 0.338 e. The fraction of sp³-hybridized carbons (Fsp3) is 0.143. The summed E-state index contributed by atoms with van der Waals surface area (Å²) in [6.45, 7) is 3.53. The van der Waals surface area contributed by atoms with Crippen molar-refractivity contribution in [2.75, 3.05) is 5.32 Å². The molecule has 7 nitrogen and oxygen atoms in total. The zero-order chi connectivity index (χ0) is 21.1. The van der Waals surface area contributed by atoms with E-state index in [-0.39, 0.29) is 17.6 Å². The molecule has 2 heterocycles. The number of nitrogens with one attached hydrogen (secondary N) is 1. The van der Waals surface area contributed by atoms with Crippen molar-refractivity contribution in [1.82, 2.24) is 19.9 Å². The van der Waals surface area contributed by atoms with Crippen LogP contribution in [0.1, 0.15) is 12.6 Å². The second-order valence-corrected chi connectivity index (χ2v) is 7.87. The number of carbonyl (C=O) groups is 1. The van der Waals surface area contributed by atoms with E-state index in [4.69, 9.17) is 4.52 Å². The quantitative estimate of drug-likeness (QED) is 0.460. The van der Waals surface area contributed by atoms with Crippen LogP contribution in [0.4, 0.5) is 10.3 Å². The molecule has 0 aliphatic heterocycles. The van der Waals surface area contributed by atoms with Crippen molar-refractivity contribution in [2.45, 2.75) is 24.3 Å². The van der Waals surface area contributed by atoms with Crippen LogP contribution in [0.5, 0.6) is 0 Å². The van der Waals surface area contributed by atoms with Crippen molar-refractivity contribution in [3.05, 3.63) is 72.2 Å². The first-order chi connectivity index (χ1) is 14.5. The van der Waals surface area contributed by atoms with Crippen LogP contribution in [0.15, 0.2) is 70.3 Å². The van der Waals surface area contributed by atoms with E-state index in [9.17, 15) is 9.18 Å². The molecule has 30 heavy (non-hydrogen) atoms. The number of hydrogen-bond donors (Lipinski definition) is 1. The molecule has 0 radical (unpaired) electrons. The zero-order valence-corrected chi connectivity index (χ0v) is 17.1. The molecule has 0 spiro atoms. The van der Waals surface area contributed by atoms with Crippen molar-refractivity contribution in [1.29, 1.82) is 0 Å². The summed E-state index contributed by atoms with van der Waals surface area (Å²) >= 11 is 1.24. The summed E-state index contributed by atoms with van der Waals surface area (Å²) in [5, 5.41) is 15.1. The minimum Gasteiger partial charge on any atom is -0.338 e. The fourth-order valence-corrected chi connectivity index (χ4v) is 3.67. The van der Waals surface area contributed by atoms with Crippen LogP contribution >= 0.6 is 11.8 Å². The Morgan fingerprint density at radius 3 is 2.53 bits per heavy atom. The lowest BCUT2D eigenvalue weighted by atomic mass is 10.2. The minimum atomic E-state index is -0.498. The van der Waals surface area contributed by atoms with Gasteiger partial charge in [0.2, 0.25) is 11.8 Å². The second kappa shape index (κ2) is 8.50. The Morgan fingerprint density at radius 1 is 1.13 bits per heavy atom. The molecular formula is C21H18FN5O2S. The summed E-state index contributed by atoms with van der Waals surface area (Å²) in [6, 6.07) is 17.2. The average molecular weight is 423 g/mol. The molecule has 1 atom stereocenters. The molecule has 0 aliphatic rings. The third kappa shape index (κ3) is 4.25. The van der Waals surface area contributed by atoms with Crippen molar-refractivity contribution in [3.8, 4) is 17.1 Å². The molecule has 9 heteroatoms. The highest BCUT2D eigenvalue weighted by Gasteiger charge is 2.22. The molecule has 0 saturated carbocycles. The number of aromatic nitrogens is 4. The van der Waals surface area contributed by atoms with Gasteiger partial charge in [-0.25, -0.2) is 4.39 Å². The molecule has 1 amide bonds. The maximum atomic E-state index is 13.5. The molecular weight excluding hydrogens is 405 g/mol. The number of aryl methyl sites for hydroxylation is 1. The number of anilines is 1. The molecule has 0 bridgehead atoms. The molecule has 2 aromatic heterocycles. The highest BCUT2D eigenvalue weighted by Crippen LogP contribution is 2.30. The van der Waals surface area contributed by atoms with Gasteiger partial charge in [0, 0.05) is 17.3 Å². The topological polar surface area (TPSA) is 85.8 Å². The fourth-order valence-electron chi connectivity index (χ4n) is 2.80. The van der Waals surface area contributed by atoms with Gasteiger partial charge in [-0.1, -0.05) is 47.3 Å². The number of thioether (sulfide) groups is 1. The predicted molar refractivity (Wildman–Crippen MR) is 112 cm³/mol. The molecule has 0 saturated heterocycles. The first kappa shape index (κ1) is 19.8. The number of amides is 1. The van der Waals surface area contributed by atoms with Crippen LogP contribution in [-0.4, -0.2) is 31.1 Å². The normalized spacial score (nSPS) is 12.0. The summed E-state index contributed by atoms with van der Waals surface area (Å²) in [5.41, 5.74) is 2.23. The maximum Gasteiger partial charge on any atom is 0.240 e. The highest BCUT2D eigenvalue weighted by molar-refractivity contribution is 8.00. The number of nitrogens with zero attached hydrogens (tertiary/aromatic N) is 4. The third-order valence-electron chi connectivity index (χ3n) is 4.28. The monoisotopic (exact) mass is 423 g/mol. The number of hydrogen-bond acceptors (Lipinski definition) is 6. The van der Waals surface area contributed by atoms with Gasteiger partial charge >= 0.3 is 0 Å². The van der Waals surface area contributed by atoms with E-state index in [1.165, 1.54) is 23.9 Å². The number of benzene rings is 2. The van der Waals surface area contributed by atoms with Crippen molar-refractivity contribution in [3.63, 3.8) is 0 Å². The van der Waals surface area contributed by atoms with Crippen molar-refractivity contribution < 1.29 is 13.7 Å². The molecule has 2 aromatic carbocycles. The van der Waals surface area contributed by atoms with E-state index < -0.39 is 5.25 Å². The Bertz CT molecular complexity index is 1160. The summed E-state index contributed by atoms with van der Waals surface area (Å²) in [7, 11) is 0. The summed E-state index contributed by atoms with van der Waals surface area (Å²) < 4.78 is 20.3. The number of carbonyl (C=O) groups excluding carboxylic acids is 1. The predicted octanol–water partition coefficient (Wildman–Crippen LogP) is 4.49. The maximum absolute atomic E-state index is 13.5. The van der Waals surface area contributed by atoms with Crippen LogP contribution in [-0.2, 0) is 4.79 Å². The van der Waals surface area contributed by atoms with Crippen molar-refractivity contribution in [2.24, 2.45) is 0 Å². The van der Waals surface area contributed by atoms with Gasteiger partial charge in [-0.3, -0.25) is 14.7 Å². The Morgan fingerprint density at radius 2 is 1.87 bits per heavy atom. The molecule has 152 valence electrons. The van der Waals surface area contributed by atoms with Crippen LogP contribution < -0.4 is 5.32 Å². The van der Waals surface area contributed by atoms with Crippen LogP contribution in [0.2, 0.25) is 0 Å². The Balaban J connectivity index is 1.65. The minimum absolute atomic E-state index is 0.258. The van der Waals surface area contributed by atoms with E-state index >= 15 is 0 Å². The van der Waals surface area contributed by atoms with Crippen LogP contribution in [0.3, 0.4) is 0 Å². The zero-order valence-electron chi connectivity index (χ0n) is 16.2. The van der Waals surface area contributed by atoms with E-state index in [2.05, 4.69) is 20.7 Å². The standard InChI is InChI=1S/C21H18FN5O2S/c1-13-12-18(29-26-13)23-20(28)14(2)30-21-25-24-19(15-6-4-3-5-7-15)27(21)17-10-8-16(22)9-11-17/h3-12,14H,1-2H3,(H,23,28). The number of halogens is 1. The van der Waals surface area contributed by atoms with Gasteiger partial charge in [0.25, 0.3) is 0 Å². The Labute approximate surface area is 176 Å². The molecule has 4 aromatic rings. The molecule has 0 fully saturated rings. The van der Waals surface area contributed by atoms with E-state index in [1.807, 2.05) is 34.9 Å². The lowest BCUT2D eigenvalue weighted by Gasteiger charge is -2.13. The molecule has 0 aliphatic carbocycles. The smallest absolute Gasteiger partial charge is 0.240 e. The Kier molecular flexibility index (Phi) is 5.62. The van der Waals surface area contributed by atoms with Crippen LogP contribution in [0.25, 0.3) is 17.1 Å². The SMILES string of the molecule is Cc1cc(NC(=O)C(C)Sc2nnc(-c3ccccc3)n2-c2ccc(F)cc2)on1. The van der Waals surface area contributed by atoms with Gasteiger partial charge in [0.15, 0.2) is 11.0 Å². The van der Waals surface area contributed by atoms with Gasteiger partial charge in [-0.05, 0) is 38.1 Å². The van der Waals surface area contributed by atoms with Crippen molar-refractivity contribution >= 4 is 23.6 Å². The second-order valence-electron chi connectivity index (χ2n) is 6.57. The first-order valence-electron chi connectivity index (χ1n) is 9.19. The van der Waals surface area contributed by atoms with Gasteiger partial charge in [-0.15, -0.1) is 10.2 Å². The van der Waals surface area contributed by atoms with Gasteiger partial charge in [-0.2, -0.15) is 0 Å². The van der Waals surface area contributed by atoms with Gasteiger partial charge in [0.1, 0.15) is 5.82 Å². The van der Waals surface area contributed by atoms with Crippen LogP contribution in [0, 0.1) is 12.7 Å². The average Bonchev–Trinajstić information content (AvgIpc) is 3.35. The summed E-state index contributed by atoms with van der Waals surface area (Å²) in [6.07, 6.45) is 0. The lowest BCUT2D eigenvalue weighted by Crippen LogP contribution is -2.22. The molecule has 1 unspecified atom stereocenters. The molecule has 1 N–H and O–H groups in total. The first-order valence-corrected chi connectivity index (χ1v) is 10.1. The van der Waals surface area contributed by atoms with Gasteiger partial charge < -0.3 is 4.52 Å². The highest BCUT2D eigenvalue weighted by atomic mass is 32.2.